The van der Waals surface area contributed by atoms with Crippen LogP contribution < -0.4 is 5.30 Å². The summed E-state index contributed by atoms with van der Waals surface area (Å²) in [6.45, 7) is 18.8. The van der Waals surface area contributed by atoms with Gasteiger partial charge in [0.2, 0.25) is 0 Å². The molecule has 0 radical (unpaired) electrons. The van der Waals surface area contributed by atoms with Gasteiger partial charge in [-0.3, -0.25) is 0 Å². The first kappa shape index (κ1) is 14.7. The lowest BCUT2D eigenvalue weighted by atomic mass is 10.1. The minimum atomic E-state index is -0.180. The molecule has 1 heteroatoms. The molecule has 0 atom stereocenters. The first-order valence-electron chi connectivity index (χ1n) is 6.41. The van der Waals surface area contributed by atoms with E-state index in [1.165, 1.54) is 11.1 Å². The molecule has 0 nitrogen and oxygen atoms in total. The molecular weight excluding hydrogens is 223 g/mol. The highest BCUT2D eigenvalue weighted by Crippen LogP contribution is 2.59. The first-order valence-corrected chi connectivity index (χ1v) is 7.76. The van der Waals surface area contributed by atoms with Crippen molar-refractivity contribution in [1.29, 1.82) is 0 Å². The molecule has 0 N–H and O–H groups in total. The Morgan fingerprint density at radius 3 is 1.41 bits per heavy atom. The van der Waals surface area contributed by atoms with Crippen LogP contribution in [0, 0.1) is 13.8 Å². The number of aryl methyl sites for hydroxylation is 2. The highest BCUT2D eigenvalue weighted by atomic mass is 31.1. The van der Waals surface area contributed by atoms with E-state index in [1.54, 1.807) is 5.30 Å². The fraction of sp³-hybridized carbons (Fsp3) is 0.625. The van der Waals surface area contributed by atoms with Gasteiger partial charge < -0.3 is 0 Å². The lowest BCUT2D eigenvalue weighted by Gasteiger charge is -2.43. The van der Waals surface area contributed by atoms with Gasteiger partial charge in [-0.1, -0.05) is 67.7 Å². The van der Waals surface area contributed by atoms with Crippen molar-refractivity contribution in [2.75, 3.05) is 0 Å². The second kappa shape index (κ2) is 4.73. The zero-order valence-electron chi connectivity index (χ0n) is 12.7. The molecule has 0 aliphatic rings. The second-order valence-electron chi connectivity index (χ2n) is 6.92. The van der Waals surface area contributed by atoms with E-state index in [-0.39, 0.29) is 7.92 Å². The molecule has 0 aliphatic carbocycles. The van der Waals surface area contributed by atoms with Crippen molar-refractivity contribution >= 4 is 13.2 Å². The predicted octanol–water partition coefficient (Wildman–Crippen LogP) is 5.01. The molecule has 0 amide bonds. The molecule has 0 aromatic heterocycles. The fourth-order valence-corrected chi connectivity index (χ4v) is 7.04. The minimum Gasteiger partial charge on any atom is -0.0637 e. The van der Waals surface area contributed by atoms with Gasteiger partial charge in [0.1, 0.15) is 0 Å². The van der Waals surface area contributed by atoms with Crippen LogP contribution in [0.2, 0.25) is 0 Å². The van der Waals surface area contributed by atoms with Crippen LogP contribution in [0.1, 0.15) is 52.7 Å². The summed E-state index contributed by atoms with van der Waals surface area (Å²) in [5, 5.41) is 2.32. The van der Waals surface area contributed by atoms with E-state index >= 15 is 0 Å². The van der Waals surface area contributed by atoms with Crippen molar-refractivity contribution in [3.63, 3.8) is 0 Å². The van der Waals surface area contributed by atoms with Crippen molar-refractivity contribution in [1.82, 2.24) is 0 Å². The molecule has 0 saturated carbocycles. The van der Waals surface area contributed by atoms with Gasteiger partial charge in [-0.05, 0) is 40.6 Å². The molecule has 96 valence electrons. The maximum Gasteiger partial charge on any atom is -0.0134 e. The molecule has 0 fully saturated rings. The number of benzene rings is 1. The monoisotopic (exact) mass is 250 g/mol. The molecule has 0 unspecified atom stereocenters. The Labute approximate surface area is 109 Å². The molecule has 1 rings (SSSR count). The van der Waals surface area contributed by atoms with Crippen molar-refractivity contribution in [2.45, 2.75) is 65.7 Å². The van der Waals surface area contributed by atoms with Crippen LogP contribution in [-0.4, -0.2) is 10.3 Å². The van der Waals surface area contributed by atoms with Crippen molar-refractivity contribution in [3.8, 4) is 0 Å². The van der Waals surface area contributed by atoms with Gasteiger partial charge in [0.05, 0.1) is 0 Å². The van der Waals surface area contributed by atoms with Gasteiger partial charge in [0.25, 0.3) is 0 Å². The fourth-order valence-electron chi connectivity index (χ4n) is 2.84. The summed E-state index contributed by atoms with van der Waals surface area (Å²) in [4.78, 5) is 0. The third-order valence-corrected chi connectivity index (χ3v) is 6.84. The summed E-state index contributed by atoms with van der Waals surface area (Å²) in [5.74, 6) is 0. The van der Waals surface area contributed by atoms with Crippen LogP contribution >= 0.6 is 7.92 Å². The Kier molecular flexibility index (Phi) is 4.09. The summed E-state index contributed by atoms with van der Waals surface area (Å²) >= 11 is 0. The second-order valence-corrected chi connectivity index (χ2v) is 10.7. The maximum atomic E-state index is 2.38. The number of hydrogen-bond acceptors (Lipinski definition) is 0. The van der Waals surface area contributed by atoms with Crippen LogP contribution in [0.25, 0.3) is 0 Å². The summed E-state index contributed by atoms with van der Waals surface area (Å²) in [5.41, 5.74) is 2.92. The SMILES string of the molecule is Cc1cccc(C)c1P(C(C)(C)C)C(C)(C)C. The van der Waals surface area contributed by atoms with E-state index in [1.807, 2.05) is 0 Å². The highest BCUT2D eigenvalue weighted by Gasteiger charge is 2.36. The molecular formula is C16H27P. The summed E-state index contributed by atoms with van der Waals surface area (Å²) < 4.78 is 0. The zero-order valence-corrected chi connectivity index (χ0v) is 13.6. The maximum absolute atomic E-state index is 2.38. The molecule has 1 aromatic carbocycles. The van der Waals surface area contributed by atoms with Crippen LogP contribution in [0.15, 0.2) is 18.2 Å². The summed E-state index contributed by atoms with van der Waals surface area (Å²) in [7, 11) is -0.180. The van der Waals surface area contributed by atoms with Crippen LogP contribution in [0.5, 0.6) is 0 Å². The van der Waals surface area contributed by atoms with Crippen molar-refractivity contribution in [3.05, 3.63) is 29.3 Å². The van der Waals surface area contributed by atoms with Gasteiger partial charge >= 0.3 is 0 Å². The zero-order chi connectivity index (χ0) is 13.4. The van der Waals surface area contributed by atoms with Gasteiger partial charge in [-0.15, -0.1) is 0 Å². The Morgan fingerprint density at radius 2 is 1.12 bits per heavy atom. The lowest BCUT2D eigenvalue weighted by Crippen LogP contribution is -2.33. The molecule has 0 heterocycles. The minimum absolute atomic E-state index is 0.180. The largest absolute Gasteiger partial charge is 0.0637 e. The Balaban J connectivity index is 3.44. The average molecular weight is 250 g/mol. The number of rotatable bonds is 1. The van der Waals surface area contributed by atoms with E-state index in [2.05, 4.69) is 73.6 Å². The number of hydrogen-bond donors (Lipinski definition) is 0. The standard InChI is InChI=1S/C16H27P/c1-12-10-9-11-13(2)14(12)17(15(3,4)5)16(6,7)8/h9-11H,1-8H3. The van der Waals surface area contributed by atoms with Crippen LogP contribution in [-0.2, 0) is 0 Å². The van der Waals surface area contributed by atoms with E-state index in [4.69, 9.17) is 0 Å². The normalized spacial score (nSPS) is 13.2. The van der Waals surface area contributed by atoms with E-state index in [0.29, 0.717) is 10.3 Å². The molecule has 0 spiro atoms. The summed E-state index contributed by atoms with van der Waals surface area (Å²) in [6, 6.07) is 6.69. The molecule has 17 heavy (non-hydrogen) atoms. The molecule has 1 aromatic rings. The van der Waals surface area contributed by atoms with Crippen molar-refractivity contribution < 1.29 is 0 Å². The third-order valence-electron chi connectivity index (χ3n) is 3.00. The third kappa shape index (κ3) is 3.32. The highest BCUT2D eigenvalue weighted by molar-refractivity contribution is 7.68. The van der Waals surface area contributed by atoms with Gasteiger partial charge in [-0.2, -0.15) is 0 Å². The lowest BCUT2D eigenvalue weighted by molar-refractivity contribution is 0.714. The average Bonchev–Trinajstić information content (AvgIpc) is 2.06. The van der Waals surface area contributed by atoms with Gasteiger partial charge in [0, 0.05) is 0 Å². The first-order chi connectivity index (χ1) is 7.55. The van der Waals surface area contributed by atoms with Crippen LogP contribution in [0.3, 0.4) is 0 Å². The van der Waals surface area contributed by atoms with E-state index in [0.717, 1.165) is 0 Å². The molecule has 0 saturated heterocycles. The van der Waals surface area contributed by atoms with E-state index < -0.39 is 0 Å². The van der Waals surface area contributed by atoms with Crippen molar-refractivity contribution in [2.24, 2.45) is 0 Å². The molecule has 0 aliphatic heterocycles. The van der Waals surface area contributed by atoms with Crippen LogP contribution in [0.4, 0.5) is 0 Å². The smallest absolute Gasteiger partial charge is 0.0134 e. The summed E-state index contributed by atoms with van der Waals surface area (Å²) in [6.07, 6.45) is 0. The molecule has 0 bridgehead atoms. The topological polar surface area (TPSA) is 0 Å². The van der Waals surface area contributed by atoms with E-state index in [9.17, 15) is 0 Å². The Bertz CT molecular complexity index is 357. The Hall–Kier alpha value is -0.350. The Morgan fingerprint density at radius 1 is 0.765 bits per heavy atom. The van der Waals surface area contributed by atoms with Gasteiger partial charge in [-0.25, -0.2) is 0 Å². The quantitative estimate of drug-likeness (QED) is 0.615. The predicted molar refractivity (Wildman–Crippen MR) is 82.0 cm³/mol. The van der Waals surface area contributed by atoms with Gasteiger partial charge in [0.15, 0.2) is 0 Å².